The van der Waals surface area contributed by atoms with Gasteiger partial charge in [-0.25, -0.2) is 0 Å². The van der Waals surface area contributed by atoms with Gasteiger partial charge >= 0.3 is 0 Å². The summed E-state index contributed by atoms with van der Waals surface area (Å²) in [5.41, 5.74) is 1.24. The third kappa shape index (κ3) is 7.81. The van der Waals surface area contributed by atoms with E-state index in [1.165, 1.54) is 5.56 Å². The molecule has 25 heavy (non-hydrogen) atoms. The maximum absolute atomic E-state index is 9.31. The molecule has 1 aromatic carbocycles. The Bertz CT molecular complexity index is 500. The summed E-state index contributed by atoms with van der Waals surface area (Å²) in [5.74, 6) is 1.35. The van der Waals surface area contributed by atoms with Crippen molar-refractivity contribution in [1.82, 2.24) is 10.2 Å². The summed E-state index contributed by atoms with van der Waals surface area (Å²) in [6.07, 6.45) is 4.55. The van der Waals surface area contributed by atoms with Gasteiger partial charge in [0, 0.05) is 32.8 Å². The van der Waals surface area contributed by atoms with Crippen molar-refractivity contribution in [1.29, 1.82) is 0 Å². The average molecular weight is 461 g/mol. The maximum Gasteiger partial charge on any atom is 0.193 e. The molecule has 2 rings (SSSR count). The van der Waals surface area contributed by atoms with Crippen molar-refractivity contribution in [2.45, 2.75) is 45.6 Å². The molecule has 6 heteroatoms. The first-order valence-electron chi connectivity index (χ1n) is 9.15. The van der Waals surface area contributed by atoms with Crippen molar-refractivity contribution in [3.63, 3.8) is 0 Å². The lowest BCUT2D eigenvalue weighted by molar-refractivity contribution is 0.0264. The first-order valence-corrected chi connectivity index (χ1v) is 9.15. The summed E-state index contributed by atoms with van der Waals surface area (Å²) >= 11 is 0. The third-order valence-corrected chi connectivity index (χ3v) is 4.30. The molecule has 5 nitrogen and oxygen atoms in total. The Morgan fingerprint density at radius 3 is 2.52 bits per heavy atom. The normalized spacial score (nSPS) is 15.8. The highest BCUT2D eigenvalue weighted by atomic mass is 127. The minimum atomic E-state index is 0. The number of aromatic hydroxyl groups is 1. The van der Waals surface area contributed by atoms with E-state index in [-0.39, 0.29) is 24.0 Å². The molecule has 0 bridgehead atoms. The van der Waals surface area contributed by atoms with E-state index in [0.29, 0.717) is 11.9 Å². The Kier molecular flexibility index (Phi) is 10.9. The molecule has 142 valence electrons. The number of rotatable bonds is 7. The summed E-state index contributed by atoms with van der Waals surface area (Å²) in [6.45, 7) is 8.70. The van der Waals surface area contributed by atoms with Crippen LogP contribution >= 0.6 is 24.0 Å². The van der Waals surface area contributed by atoms with Crippen molar-refractivity contribution >= 4 is 29.9 Å². The summed E-state index contributed by atoms with van der Waals surface area (Å²) in [5, 5.41) is 12.7. The minimum absolute atomic E-state index is 0. The highest BCUT2D eigenvalue weighted by Crippen LogP contribution is 2.14. The molecular formula is C19H32IN3O2. The van der Waals surface area contributed by atoms with Crippen LogP contribution in [-0.4, -0.2) is 54.9 Å². The van der Waals surface area contributed by atoms with Crippen molar-refractivity contribution < 1.29 is 9.84 Å². The van der Waals surface area contributed by atoms with E-state index in [0.717, 1.165) is 64.4 Å². The highest BCUT2D eigenvalue weighted by molar-refractivity contribution is 14.0. The lowest BCUT2D eigenvalue weighted by Crippen LogP contribution is -2.47. The van der Waals surface area contributed by atoms with Crippen LogP contribution in [0.1, 0.15) is 38.7 Å². The quantitative estimate of drug-likeness (QED) is 0.283. The molecular weight excluding hydrogens is 429 g/mol. The van der Waals surface area contributed by atoms with Crippen molar-refractivity contribution in [2.24, 2.45) is 4.99 Å². The fourth-order valence-electron chi connectivity index (χ4n) is 3.03. The molecule has 1 aliphatic rings. The van der Waals surface area contributed by atoms with E-state index in [1.54, 1.807) is 12.1 Å². The lowest BCUT2D eigenvalue weighted by atomic mass is 10.1. The molecule has 0 unspecified atom stereocenters. The molecule has 0 spiro atoms. The zero-order valence-electron chi connectivity index (χ0n) is 15.4. The Morgan fingerprint density at radius 2 is 1.92 bits per heavy atom. The number of piperidine rings is 1. The molecule has 0 amide bonds. The van der Waals surface area contributed by atoms with Crippen LogP contribution in [0.3, 0.4) is 0 Å². The zero-order valence-corrected chi connectivity index (χ0v) is 17.7. The van der Waals surface area contributed by atoms with Gasteiger partial charge in [0.2, 0.25) is 0 Å². The molecule has 1 aromatic rings. The monoisotopic (exact) mass is 461 g/mol. The van der Waals surface area contributed by atoms with Gasteiger partial charge in [-0.05, 0) is 57.2 Å². The number of benzene rings is 1. The minimum Gasteiger partial charge on any atom is -0.508 e. The number of likely N-dealkylation sites (tertiary alicyclic amines) is 1. The summed E-state index contributed by atoms with van der Waals surface area (Å²) in [4.78, 5) is 7.13. The van der Waals surface area contributed by atoms with Crippen LogP contribution in [0.25, 0.3) is 0 Å². The summed E-state index contributed by atoms with van der Waals surface area (Å²) in [7, 11) is 0. The number of halogens is 1. The number of guanidine groups is 1. The van der Waals surface area contributed by atoms with Crippen molar-refractivity contribution in [2.75, 3.05) is 32.8 Å². The summed E-state index contributed by atoms with van der Waals surface area (Å²) < 4.78 is 5.72. The second-order valence-corrected chi connectivity index (χ2v) is 6.15. The first-order chi connectivity index (χ1) is 11.7. The smallest absolute Gasteiger partial charge is 0.193 e. The zero-order chi connectivity index (χ0) is 17.2. The molecule has 2 N–H and O–H groups in total. The Morgan fingerprint density at radius 1 is 1.24 bits per heavy atom. The van der Waals surface area contributed by atoms with E-state index in [2.05, 4.69) is 24.1 Å². The van der Waals surface area contributed by atoms with E-state index in [9.17, 15) is 5.11 Å². The van der Waals surface area contributed by atoms with Crippen LogP contribution in [0.5, 0.6) is 5.75 Å². The van der Waals surface area contributed by atoms with Crippen LogP contribution in [-0.2, 0) is 11.2 Å². The van der Waals surface area contributed by atoms with Gasteiger partial charge in [0.05, 0.1) is 6.10 Å². The van der Waals surface area contributed by atoms with Crippen LogP contribution in [0.15, 0.2) is 29.3 Å². The van der Waals surface area contributed by atoms with Crippen molar-refractivity contribution in [3.05, 3.63) is 29.8 Å². The van der Waals surface area contributed by atoms with Gasteiger partial charge < -0.3 is 20.1 Å². The number of hydrogen-bond donors (Lipinski definition) is 2. The van der Waals surface area contributed by atoms with Gasteiger partial charge in [0.15, 0.2) is 5.96 Å². The standard InChI is InChI=1S/C19H31N3O2.HI/c1-3-20-19(22-14-11-18(12-15-22)24-4-2)21-13-5-6-16-7-9-17(23)10-8-16;/h7-10,18,23H,3-6,11-15H2,1-2H3,(H,20,21);1H. The van der Waals surface area contributed by atoms with Gasteiger partial charge in [0.25, 0.3) is 0 Å². The van der Waals surface area contributed by atoms with Crippen LogP contribution < -0.4 is 5.32 Å². The van der Waals surface area contributed by atoms with Crippen LogP contribution in [0.4, 0.5) is 0 Å². The number of nitrogens with one attached hydrogen (secondary N) is 1. The number of aliphatic imine (C=N–C) groups is 1. The average Bonchev–Trinajstić information content (AvgIpc) is 2.60. The number of hydrogen-bond acceptors (Lipinski definition) is 3. The molecule has 1 aliphatic heterocycles. The van der Waals surface area contributed by atoms with E-state index < -0.39 is 0 Å². The summed E-state index contributed by atoms with van der Waals surface area (Å²) in [6, 6.07) is 7.43. The fourth-order valence-corrected chi connectivity index (χ4v) is 3.03. The van der Waals surface area contributed by atoms with Gasteiger partial charge in [-0.15, -0.1) is 24.0 Å². The Hall–Kier alpha value is -1.02. The Balaban J connectivity index is 0.00000312. The number of phenolic OH excluding ortho intramolecular Hbond substituents is 1. The number of nitrogens with zero attached hydrogens (tertiary/aromatic N) is 2. The predicted molar refractivity (Wildman–Crippen MR) is 114 cm³/mol. The molecule has 0 aromatic heterocycles. The molecule has 0 atom stereocenters. The second kappa shape index (κ2) is 12.4. The third-order valence-electron chi connectivity index (χ3n) is 4.30. The highest BCUT2D eigenvalue weighted by Gasteiger charge is 2.21. The first kappa shape index (κ1) is 22.0. The number of phenols is 1. The van der Waals surface area contributed by atoms with Crippen LogP contribution in [0.2, 0.25) is 0 Å². The topological polar surface area (TPSA) is 57.1 Å². The molecule has 1 saturated heterocycles. The maximum atomic E-state index is 9.31. The SMILES string of the molecule is CCNC(=NCCCc1ccc(O)cc1)N1CCC(OCC)CC1.I. The van der Waals surface area contributed by atoms with E-state index in [4.69, 9.17) is 9.73 Å². The van der Waals surface area contributed by atoms with Crippen LogP contribution in [0, 0.1) is 0 Å². The van der Waals surface area contributed by atoms with Gasteiger partial charge in [0.1, 0.15) is 5.75 Å². The second-order valence-electron chi connectivity index (χ2n) is 6.15. The van der Waals surface area contributed by atoms with Gasteiger partial charge in [-0.2, -0.15) is 0 Å². The van der Waals surface area contributed by atoms with Gasteiger partial charge in [-0.3, -0.25) is 4.99 Å². The molecule has 1 fully saturated rings. The molecule has 0 radical (unpaired) electrons. The van der Waals surface area contributed by atoms with Crippen molar-refractivity contribution in [3.8, 4) is 5.75 Å². The molecule has 1 heterocycles. The Labute approximate surface area is 168 Å². The fraction of sp³-hybridized carbons (Fsp3) is 0.632. The lowest BCUT2D eigenvalue weighted by Gasteiger charge is -2.34. The van der Waals surface area contributed by atoms with Gasteiger partial charge in [-0.1, -0.05) is 12.1 Å². The predicted octanol–water partition coefficient (Wildman–Crippen LogP) is 3.41. The largest absolute Gasteiger partial charge is 0.508 e. The molecule has 0 aliphatic carbocycles. The van der Waals surface area contributed by atoms with E-state index >= 15 is 0 Å². The molecule has 0 saturated carbocycles. The van der Waals surface area contributed by atoms with E-state index in [1.807, 2.05) is 12.1 Å². The number of ether oxygens (including phenoxy) is 1. The number of aryl methyl sites for hydroxylation is 1.